The molecule has 1 aromatic rings. The molecule has 0 fully saturated rings. The van der Waals surface area contributed by atoms with Gasteiger partial charge in [-0.2, -0.15) is 13.2 Å². The quantitative estimate of drug-likeness (QED) is 0.725. The molecule has 0 saturated carbocycles. The van der Waals surface area contributed by atoms with Crippen LogP contribution in [0, 0.1) is 11.8 Å². The van der Waals surface area contributed by atoms with Crippen LogP contribution in [-0.2, 0) is 14.4 Å². The van der Waals surface area contributed by atoms with E-state index in [1.165, 1.54) is 12.1 Å². The van der Waals surface area contributed by atoms with Gasteiger partial charge in [0.05, 0.1) is 17.6 Å². The summed E-state index contributed by atoms with van der Waals surface area (Å²) in [7, 11) is 0. The Morgan fingerprint density at radius 3 is 2.48 bits per heavy atom. The van der Waals surface area contributed by atoms with Crippen molar-refractivity contribution in [2.45, 2.75) is 18.6 Å². The summed E-state index contributed by atoms with van der Waals surface area (Å²) >= 11 is 0. The maximum absolute atomic E-state index is 13.2. The molecule has 0 saturated heterocycles. The van der Waals surface area contributed by atoms with Crippen molar-refractivity contribution in [3.05, 3.63) is 48.1 Å². The molecule has 0 radical (unpaired) electrons. The van der Waals surface area contributed by atoms with Gasteiger partial charge < -0.3 is 0 Å². The third-order valence-corrected chi connectivity index (χ3v) is 5.00. The molecule has 1 heterocycles. The zero-order valence-corrected chi connectivity index (χ0v) is 12.8. The van der Waals surface area contributed by atoms with Crippen LogP contribution in [0.2, 0.25) is 0 Å². The monoisotopic (exact) mass is 347 g/mol. The van der Waals surface area contributed by atoms with Crippen LogP contribution in [0.25, 0.3) is 5.57 Å². The van der Waals surface area contributed by atoms with Gasteiger partial charge in [-0.3, -0.25) is 19.3 Å². The third kappa shape index (κ3) is 2.18. The van der Waals surface area contributed by atoms with Gasteiger partial charge in [0.15, 0.2) is 11.6 Å². The third-order valence-electron chi connectivity index (χ3n) is 5.00. The molecule has 0 aromatic heterocycles. The van der Waals surface area contributed by atoms with Crippen LogP contribution in [0.15, 0.2) is 42.5 Å². The summed E-state index contributed by atoms with van der Waals surface area (Å²) in [4.78, 5) is 37.3. The van der Waals surface area contributed by atoms with Crippen LogP contribution < -0.4 is 4.90 Å². The van der Waals surface area contributed by atoms with Crippen LogP contribution in [0.3, 0.4) is 0 Å². The van der Waals surface area contributed by atoms with Crippen molar-refractivity contribution >= 4 is 28.7 Å². The molecule has 1 aromatic carbocycles. The summed E-state index contributed by atoms with van der Waals surface area (Å²) in [6.45, 7) is 0. The van der Waals surface area contributed by atoms with E-state index < -0.39 is 35.7 Å². The van der Waals surface area contributed by atoms with Crippen LogP contribution in [0.4, 0.5) is 18.9 Å². The number of allylic oxidation sites excluding steroid dienone is 3. The first-order valence-corrected chi connectivity index (χ1v) is 7.76. The molecule has 3 atom stereocenters. The number of alkyl halides is 3. The second kappa shape index (κ2) is 5.15. The zero-order chi connectivity index (χ0) is 17.9. The highest BCUT2D eigenvalue weighted by Crippen LogP contribution is 2.50. The number of halogens is 3. The largest absolute Gasteiger partial charge is 0.471 e. The molecule has 1 amide bonds. The summed E-state index contributed by atoms with van der Waals surface area (Å²) in [6.07, 6.45) is -0.856. The number of hydrogen-bond donors (Lipinski definition) is 0. The molecule has 1 aliphatic heterocycles. The van der Waals surface area contributed by atoms with Gasteiger partial charge in [-0.1, -0.05) is 24.3 Å². The molecule has 0 N–H and O–H groups in total. The number of fused-ring (bicyclic) bond motifs is 5. The second-order valence-electron chi connectivity index (χ2n) is 6.30. The normalized spacial score (nSPS) is 27.6. The Morgan fingerprint density at radius 2 is 1.76 bits per heavy atom. The first-order chi connectivity index (χ1) is 11.8. The number of anilines is 1. The smallest absolute Gasteiger partial charge is 0.296 e. The van der Waals surface area contributed by atoms with Crippen molar-refractivity contribution in [2.24, 2.45) is 11.8 Å². The fourth-order valence-corrected chi connectivity index (χ4v) is 4.00. The number of hydrogen-bond acceptors (Lipinski definition) is 3. The van der Waals surface area contributed by atoms with E-state index in [9.17, 15) is 27.6 Å². The SMILES string of the molecule is O=C1C=CC(=O)[C@H]2CC=C3c4ccccc4N(C(=O)C(F)(F)F)[C@H]3[C@@H]12. The van der Waals surface area contributed by atoms with Gasteiger partial charge in [-0.25, -0.2) is 0 Å². The molecule has 0 spiro atoms. The number of rotatable bonds is 0. The maximum atomic E-state index is 13.2. The van der Waals surface area contributed by atoms with Gasteiger partial charge >= 0.3 is 12.1 Å². The Kier molecular flexibility index (Phi) is 3.25. The Bertz CT molecular complexity index is 869. The van der Waals surface area contributed by atoms with Crippen molar-refractivity contribution < 1.29 is 27.6 Å². The zero-order valence-electron chi connectivity index (χ0n) is 12.8. The number of ketones is 2. The Hall–Kier alpha value is -2.70. The van der Waals surface area contributed by atoms with E-state index in [4.69, 9.17) is 0 Å². The number of nitrogens with zero attached hydrogens (tertiary/aromatic N) is 1. The molecular formula is C18H12F3NO3. The van der Waals surface area contributed by atoms with Crippen molar-refractivity contribution in [3.63, 3.8) is 0 Å². The van der Waals surface area contributed by atoms with Gasteiger partial charge in [0.25, 0.3) is 0 Å². The van der Waals surface area contributed by atoms with Crippen LogP contribution in [-0.4, -0.2) is 29.7 Å². The summed E-state index contributed by atoms with van der Waals surface area (Å²) in [5, 5.41) is 0. The minimum atomic E-state index is -5.08. The lowest BCUT2D eigenvalue weighted by Gasteiger charge is -2.39. The molecule has 4 nitrogen and oxygen atoms in total. The highest BCUT2D eigenvalue weighted by atomic mass is 19.4. The van der Waals surface area contributed by atoms with E-state index in [1.54, 1.807) is 24.3 Å². The lowest BCUT2D eigenvalue weighted by atomic mass is 9.69. The molecule has 7 heteroatoms. The fourth-order valence-electron chi connectivity index (χ4n) is 4.00. The summed E-state index contributed by atoms with van der Waals surface area (Å²) < 4.78 is 39.5. The van der Waals surface area contributed by atoms with E-state index in [2.05, 4.69) is 0 Å². The van der Waals surface area contributed by atoms with E-state index in [0.29, 0.717) is 16.0 Å². The van der Waals surface area contributed by atoms with Crippen LogP contribution >= 0.6 is 0 Å². The van der Waals surface area contributed by atoms with Crippen molar-refractivity contribution in [2.75, 3.05) is 4.90 Å². The fraction of sp³-hybridized carbons (Fsp3) is 0.278. The molecule has 25 heavy (non-hydrogen) atoms. The predicted molar refractivity (Wildman–Crippen MR) is 82.5 cm³/mol. The van der Waals surface area contributed by atoms with E-state index in [-0.39, 0.29) is 17.9 Å². The minimum Gasteiger partial charge on any atom is -0.296 e. The topological polar surface area (TPSA) is 54.5 Å². The average Bonchev–Trinajstić information content (AvgIpc) is 2.91. The van der Waals surface area contributed by atoms with Gasteiger partial charge in [-0.15, -0.1) is 0 Å². The molecule has 3 aliphatic rings. The van der Waals surface area contributed by atoms with Crippen molar-refractivity contribution in [1.29, 1.82) is 0 Å². The highest BCUT2D eigenvalue weighted by Gasteiger charge is 2.55. The number of carbonyl (C=O) groups is 3. The first-order valence-electron chi connectivity index (χ1n) is 7.76. The Balaban J connectivity index is 1.91. The van der Waals surface area contributed by atoms with Gasteiger partial charge in [-0.05, 0) is 30.2 Å². The second-order valence-corrected chi connectivity index (χ2v) is 6.30. The number of para-hydroxylation sites is 1. The Labute approximate surface area is 140 Å². The van der Waals surface area contributed by atoms with E-state index in [0.717, 1.165) is 6.08 Å². The van der Waals surface area contributed by atoms with Crippen molar-refractivity contribution in [1.82, 2.24) is 0 Å². The molecule has 2 aliphatic carbocycles. The number of carbonyl (C=O) groups excluding carboxylic acids is 3. The molecule has 4 rings (SSSR count). The molecular weight excluding hydrogens is 335 g/mol. The van der Waals surface area contributed by atoms with Crippen LogP contribution in [0.1, 0.15) is 12.0 Å². The summed E-state index contributed by atoms with van der Waals surface area (Å²) in [5.41, 5.74) is 1.13. The number of benzene rings is 1. The lowest BCUT2D eigenvalue weighted by molar-refractivity contribution is -0.171. The average molecular weight is 347 g/mol. The van der Waals surface area contributed by atoms with Crippen molar-refractivity contribution in [3.8, 4) is 0 Å². The minimum absolute atomic E-state index is 0.122. The standard InChI is InChI=1S/C18H12F3NO3/c19-18(20,21)17(25)22-12-4-2-1-3-9(12)10-5-6-11-13(23)7-8-14(24)15(11)16(10)22/h1-5,7-8,11,15-16H,6H2/t11-,15-,16-/m1/s1. The number of amides is 1. The van der Waals surface area contributed by atoms with Gasteiger partial charge in [0, 0.05) is 11.5 Å². The molecule has 128 valence electrons. The van der Waals surface area contributed by atoms with Gasteiger partial charge in [0.1, 0.15) is 0 Å². The molecule has 0 unspecified atom stereocenters. The van der Waals surface area contributed by atoms with E-state index in [1.807, 2.05) is 0 Å². The first kappa shape index (κ1) is 15.8. The maximum Gasteiger partial charge on any atom is 0.471 e. The van der Waals surface area contributed by atoms with Crippen LogP contribution in [0.5, 0.6) is 0 Å². The lowest BCUT2D eigenvalue weighted by Crippen LogP contribution is -2.54. The summed E-state index contributed by atoms with van der Waals surface area (Å²) in [5.74, 6) is -4.47. The summed E-state index contributed by atoms with van der Waals surface area (Å²) in [6, 6.07) is 5.16. The predicted octanol–water partition coefficient (Wildman–Crippen LogP) is 2.69. The molecule has 0 bridgehead atoms. The van der Waals surface area contributed by atoms with Gasteiger partial charge in [0.2, 0.25) is 0 Å². The highest BCUT2D eigenvalue weighted by molar-refractivity contribution is 6.13. The van der Waals surface area contributed by atoms with E-state index >= 15 is 0 Å². The Morgan fingerprint density at radius 1 is 1.08 bits per heavy atom.